The van der Waals surface area contributed by atoms with Crippen molar-refractivity contribution < 1.29 is 28.2 Å². The van der Waals surface area contributed by atoms with Crippen LogP contribution in [0.4, 0.5) is 5.69 Å². The van der Waals surface area contributed by atoms with Crippen molar-refractivity contribution >= 4 is 21.7 Å². The van der Waals surface area contributed by atoms with E-state index in [9.17, 15) is 13.2 Å². The molecule has 0 amide bonds. The van der Waals surface area contributed by atoms with Crippen LogP contribution in [0.2, 0.25) is 0 Å². The van der Waals surface area contributed by atoms with Crippen LogP contribution >= 0.6 is 0 Å². The lowest BCUT2D eigenvalue weighted by molar-refractivity contribution is 0.0697. The number of hydrogen-bond donors (Lipinski definition) is 4. The van der Waals surface area contributed by atoms with E-state index in [1.807, 2.05) is 0 Å². The van der Waals surface area contributed by atoms with Crippen LogP contribution in [0.1, 0.15) is 10.4 Å². The van der Waals surface area contributed by atoms with Gasteiger partial charge in [0, 0.05) is 25.9 Å². The summed E-state index contributed by atoms with van der Waals surface area (Å²) < 4.78 is 31.0. The summed E-state index contributed by atoms with van der Waals surface area (Å²) in [6.07, 6.45) is 0. The minimum absolute atomic E-state index is 0.0890. The van der Waals surface area contributed by atoms with E-state index in [0.29, 0.717) is 0 Å². The number of anilines is 1. The molecular weight excluding hydrogens is 300 g/mol. The number of hydrogen-bond acceptors (Lipinski definition) is 6. The number of nitrogens with one attached hydrogen (secondary N) is 2. The van der Waals surface area contributed by atoms with Crippen LogP contribution in [-0.2, 0) is 14.8 Å². The van der Waals surface area contributed by atoms with Gasteiger partial charge in [-0.25, -0.2) is 17.9 Å². The number of ether oxygens (including phenoxy) is 1. The number of benzene rings is 1. The van der Waals surface area contributed by atoms with Crippen molar-refractivity contribution in [3.05, 3.63) is 23.8 Å². The Hall–Kier alpha value is -1.68. The molecule has 0 fully saturated rings. The molecular formula is C12H18N2O6S. The Kier molecular flexibility index (Phi) is 6.56. The summed E-state index contributed by atoms with van der Waals surface area (Å²) in [5.41, 5.74) is 0.0606. The van der Waals surface area contributed by atoms with E-state index in [0.717, 1.165) is 6.07 Å². The summed E-state index contributed by atoms with van der Waals surface area (Å²) in [4.78, 5) is 11.0. The lowest BCUT2D eigenvalue weighted by Gasteiger charge is -2.11. The van der Waals surface area contributed by atoms with Crippen molar-refractivity contribution in [2.45, 2.75) is 4.90 Å². The molecule has 1 aromatic rings. The zero-order valence-corrected chi connectivity index (χ0v) is 12.3. The van der Waals surface area contributed by atoms with Gasteiger partial charge < -0.3 is 20.3 Å². The predicted molar refractivity (Wildman–Crippen MR) is 76.0 cm³/mol. The maximum Gasteiger partial charge on any atom is 0.337 e. The molecule has 8 nitrogen and oxygen atoms in total. The number of carboxylic acids is 1. The highest BCUT2D eigenvalue weighted by Gasteiger charge is 2.18. The lowest BCUT2D eigenvalue weighted by atomic mass is 10.2. The topological polar surface area (TPSA) is 125 Å². The van der Waals surface area contributed by atoms with Gasteiger partial charge in [-0.1, -0.05) is 0 Å². The first-order chi connectivity index (χ1) is 9.92. The van der Waals surface area contributed by atoms with Gasteiger partial charge in [0.25, 0.3) is 0 Å². The molecule has 0 aromatic heterocycles. The van der Waals surface area contributed by atoms with E-state index in [4.69, 9.17) is 14.9 Å². The Balaban J connectivity index is 3.04. The van der Waals surface area contributed by atoms with Crippen LogP contribution in [0.3, 0.4) is 0 Å². The Bertz CT molecular complexity index is 587. The van der Waals surface area contributed by atoms with Crippen molar-refractivity contribution in [3.8, 4) is 0 Å². The normalized spacial score (nSPS) is 11.3. The van der Waals surface area contributed by atoms with Crippen LogP contribution in [-0.4, -0.2) is 58.0 Å². The second kappa shape index (κ2) is 7.93. The first-order valence-corrected chi connectivity index (χ1v) is 7.61. The number of carbonyl (C=O) groups is 1. The summed E-state index contributed by atoms with van der Waals surface area (Å²) >= 11 is 0. The maximum absolute atomic E-state index is 12.0. The smallest absolute Gasteiger partial charge is 0.337 e. The summed E-state index contributed by atoms with van der Waals surface area (Å²) in [5, 5.41) is 20.6. The van der Waals surface area contributed by atoms with Crippen molar-refractivity contribution in [1.29, 1.82) is 0 Å². The van der Waals surface area contributed by atoms with Crippen LogP contribution in [0.25, 0.3) is 0 Å². The monoisotopic (exact) mass is 318 g/mol. The molecule has 0 aliphatic heterocycles. The maximum atomic E-state index is 12.0. The van der Waals surface area contributed by atoms with Gasteiger partial charge >= 0.3 is 5.97 Å². The van der Waals surface area contributed by atoms with Gasteiger partial charge in [-0.2, -0.15) is 0 Å². The van der Waals surface area contributed by atoms with Gasteiger partial charge in [0.1, 0.15) is 0 Å². The molecule has 0 bridgehead atoms. The first kappa shape index (κ1) is 17.4. The van der Waals surface area contributed by atoms with Gasteiger partial charge in [-0.05, 0) is 18.2 Å². The van der Waals surface area contributed by atoms with Gasteiger partial charge in [-0.15, -0.1) is 0 Å². The highest BCUT2D eigenvalue weighted by atomic mass is 32.2. The third kappa shape index (κ3) is 4.97. The molecule has 0 radical (unpaired) electrons. The van der Waals surface area contributed by atoms with Crippen molar-refractivity contribution in [2.75, 3.05) is 38.7 Å². The number of aliphatic hydroxyl groups excluding tert-OH is 1. The molecule has 0 heterocycles. The van der Waals surface area contributed by atoms with Crippen LogP contribution in [0.15, 0.2) is 23.1 Å². The molecule has 21 heavy (non-hydrogen) atoms. The van der Waals surface area contributed by atoms with Crippen molar-refractivity contribution in [2.24, 2.45) is 0 Å². The van der Waals surface area contributed by atoms with Crippen molar-refractivity contribution in [1.82, 2.24) is 4.72 Å². The van der Waals surface area contributed by atoms with E-state index < -0.39 is 16.0 Å². The lowest BCUT2D eigenvalue weighted by Crippen LogP contribution is -2.27. The van der Waals surface area contributed by atoms with Gasteiger partial charge in [0.05, 0.1) is 23.7 Å². The molecule has 118 valence electrons. The summed E-state index contributed by atoms with van der Waals surface area (Å²) in [6.45, 7) is 0.295. The number of methoxy groups -OCH3 is 1. The SMILES string of the molecule is COCCNS(=O)(=O)c1ccc(NCCO)c(C(=O)O)c1. The first-order valence-electron chi connectivity index (χ1n) is 6.13. The quantitative estimate of drug-likeness (QED) is 0.461. The highest BCUT2D eigenvalue weighted by Crippen LogP contribution is 2.20. The average Bonchev–Trinajstić information content (AvgIpc) is 2.44. The largest absolute Gasteiger partial charge is 0.478 e. The van der Waals surface area contributed by atoms with Crippen LogP contribution in [0.5, 0.6) is 0 Å². The van der Waals surface area contributed by atoms with Gasteiger partial charge in [0.15, 0.2) is 0 Å². The third-order valence-corrected chi connectivity index (χ3v) is 4.02. The van der Waals surface area contributed by atoms with Crippen LogP contribution in [0, 0.1) is 0 Å². The Morgan fingerprint density at radius 1 is 1.33 bits per heavy atom. The molecule has 0 aliphatic carbocycles. The fourth-order valence-corrected chi connectivity index (χ4v) is 2.61. The Labute approximate surface area is 122 Å². The summed E-state index contributed by atoms with van der Waals surface area (Å²) in [5.74, 6) is -1.26. The van der Waals surface area contributed by atoms with Gasteiger partial charge in [0.2, 0.25) is 10.0 Å². The molecule has 9 heteroatoms. The molecule has 0 saturated carbocycles. The molecule has 0 atom stereocenters. The average molecular weight is 318 g/mol. The van der Waals surface area contributed by atoms with E-state index in [-0.39, 0.29) is 42.4 Å². The van der Waals surface area contributed by atoms with Crippen LogP contribution < -0.4 is 10.0 Å². The molecule has 4 N–H and O–H groups in total. The number of sulfonamides is 1. The fourth-order valence-electron chi connectivity index (χ4n) is 1.57. The zero-order valence-electron chi connectivity index (χ0n) is 11.5. The second-order valence-electron chi connectivity index (χ2n) is 4.05. The van der Waals surface area contributed by atoms with E-state index in [1.54, 1.807) is 0 Å². The van der Waals surface area contributed by atoms with E-state index >= 15 is 0 Å². The molecule has 0 saturated heterocycles. The third-order valence-electron chi connectivity index (χ3n) is 2.56. The summed E-state index contributed by atoms with van der Waals surface area (Å²) in [7, 11) is -2.35. The zero-order chi connectivity index (χ0) is 15.9. The molecule has 1 aromatic carbocycles. The number of aliphatic hydroxyl groups is 1. The minimum Gasteiger partial charge on any atom is -0.478 e. The van der Waals surface area contributed by atoms with E-state index in [2.05, 4.69) is 10.0 Å². The predicted octanol–water partition coefficient (Wildman–Crippen LogP) is -0.286. The standard InChI is InChI=1S/C12H18N2O6S/c1-20-7-5-14-21(18,19)9-2-3-11(13-4-6-15)10(8-9)12(16)17/h2-3,8,13-15H,4-7H2,1H3,(H,16,17). The Morgan fingerprint density at radius 2 is 2.05 bits per heavy atom. The molecule has 1 rings (SSSR count). The second-order valence-corrected chi connectivity index (χ2v) is 5.82. The van der Waals surface area contributed by atoms with E-state index in [1.165, 1.54) is 19.2 Å². The summed E-state index contributed by atoms with van der Waals surface area (Å²) in [6, 6.07) is 3.71. The number of aromatic carboxylic acids is 1. The fraction of sp³-hybridized carbons (Fsp3) is 0.417. The Morgan fingerprint density at radius 3 is 2.62 bits per heavy atom. The van der Waals surface area contributed by atoms with Crippen molar-refractivity contribution in [3.63, 3.8) is 0 Å². The number of rotatable bonds is 9. The molecule has 0 spiro atoms. The number of carboxylic acid groups (broad SMARTS) is 1. The molecule has 0 unspecified atom stereocenters. The molecule has 0 aliphatic rings. The van der Waals surface area contributed by atoms with Gasteiger partial charge in [-0.3, -0.25) is 0 Å². The highest BCUT2D eigenvalue weighted by molar-refractivity contribution is 7.89. The minimum atomic E-state index is -3.80.